The molecule has 6 rings (SSSR count). The van der Waals surface area contributed by atoms with Crippen LogP contribution >= 0.6 is 31.9 Å². The molecule has 35 heavy (non-hydrogen) atoms. The number of hydrogen-bond donors (Lipinski definition) is 0. The average Bonchev–Trinajstić information content (AvgIpc) is 3.35. The van der Waals surface area contributed by atoms with Crippen LogP contribution in [0.4, 0.5) is 5.95 Å². The van der Waals surface area contributed by atoms with Crippen LogP contribution in [0.2, 0.25) is 0 Å². The minimum Gasteiger partial charge on any atom is -0.223 e. The van der Waals surface area contributed by atoms with Crippen molar-refractivity contribution in [1.29, 1.82) is 0 Å². The summed E-state index contributed by atoms with van der Waals surface area (Å²) in [7, 11) is 0. The van der Waals surface area contributed by atoms with Crippen LogP contribution in [0.3, 0.4) is 0 Å². The molecule has 0 radical (unpaired) electrons. The molecule has 0 fully saturated rings. The maximum Gasteiger partial charge on any atom is 0.247 e. The first-order valence-corrected chi connectivity index (χ1v) is 12.9. The van der Waals surface area contributed by atoms with Crippen molar-refractivity contribution < 1.29 is 0 Å². The fourth-order valence-electron chi connectivity index (χ4n) is 4.44. The van der Waals surface area contributed by atoms with Gasteiger partial charge >= 0.3 is 0 Å². The van der Waals surface area contributed by atoms with Crippen molar-refractivity contribution in [2.24, 2.45) is 5.10 Å². The summed E-state index contributed by atoms with van der Waals surface area (Å²) in [4.78, 5) is 10.0. The molecule has 0 spiro atoms. The molecule has 0 bridgehead atoms. The number of hydrogen-bond acceptors (Lipinski definition) is 4. The van der Waals surface area contributed by atoms with Crippen molar-refractivity contribution in [3.63, 3.8) is 0 Å². The first-order valence-electron chi connectivity index (χ1n) is 11.4. The third kappa shape index (κ3) is 4.40. The van der Waals surface area contributed by atoms with Crippen LogP contribution in [0.15, 0.2) is 117 Å². The van der Waals surface area contributed by atoms with Crippen molar-refractivity contribution in [3.8, 4) is 11.3 Å². The van der Waals surface area contributed by atoms with Crippen LogP contribution in [-0.4, -0.2) is 15.7 Å². The SMILES string of the molecule is Brc1ccc(C2=NN(c3nc(-c4ccccc4)c4ccccc4n3)C(c3ccc(Br)cc3)C2)cc1. The van der Waals surface area contributed by atoms with Crippen molar-refractivity contribution in [2.45, 2.75) is 12.5 Å². The van der Waals surface area contributed by atoms with E-state index in [1.807, 2.05) is 41.4 Å². The van der Waals surface area contributed by atoms with E-state index >= 15 is 0 Å². The molecular formula is C29H20Br2N4. The van der Waals surface area contributed by atoms with Crippen molar-refractivity contribution >= 4 is 54.4 Å². The molecule has 5 aromatic rings. The topological polar surface area (TPSA) is 41.4 Å². The van der Waals surface area contributed by atoms with Gasteiger partial charge in [0.25, 0.3) is 0 Å². The second-order valence-electron chi connectivity index (χ2n) is 8.43. The normalized spacial score (nSPS) is 15.4. The maximum atomic E-state index is 5.08. The van der Waals surface area contributed by atoms with Crippen LogP contribution in [0, 0.1) is 0 Å². The highest BCUT2D eigenvalue weighted by Gasteiger charge is 2.32. The van der Waals surface area contributed by atoms with E-state index in [2.05, 4.69) is 98.6 Å². The molecule has 2 heterocycles. The molecule has 6 heteroatoms. The number of aromatic nitrogens is 2. The summed E-state index contributed by atoms with van der Waals surface area (Å²) in [6, 6.07) is 35.1. The van der Waals surface area contributed by atoms with E-state index in [9.17, 15) is 0 Å². The summed E-state index contributed by atoms with van der Waals surface area (Å²) >= 11 is 7.10. The van der Waals surface area contributed by atoms with E-state index in [4.69, 9.17) is 15.1 Å². The molecule has 170 valence electrons. The lowest BCUT2D eigenvalue weighted by Gasteiger charge is -2.23. The number of rotatable bonds is 4. The Morgan fingerprint density at radius 1 is 0.657 bits per heavy atom. The second kappa shape index (κ2) is 9.36. The Morgan fingerprint density at radius 3 is 2.06 bits per heavy atom. The molecule has 4 aromatic carbocycles. The lowest BCUT2D eigenvalue weighted by atomic mass is 9.98. The van der Waals surface area contributed by atoms with Gasteiger partial charge in [-0.1, -0.05) is 105 Å². The van der Waals surface area contributed by atoms with Crippen LogP contribution in [-0.2, 0) is 0 Å². The third-order valence-electron chi connectivity index (χ3n) is 6.19. The molecule has 1 unspecified atom stereocenters. The number of halogens is 2. The van der Waals surface area contributed by atoms with Crippen molar-refractivity contribution in [1.82, 2.24) is 9.97 Å². The van der Waals surface area contributed by atoms with E-state index in [1.165, 1.54) is 5.56 Å². The largest absolute Gasteiger partial charge is 0.247 e. The highest BCUT2D eigenvalue weighted by molar-refractivity contribution is 9.10. The van der Waals surface area contributed by atoms with Gasteiger partial charge in [-0.25, -0.2) is 15.0 Å². The summed E-state index contributed by atoms with van der Waals surface area (Å²) in [6.45, 7) is 0. The maximum absolute atomic E-state index is 5.08. The highest BCUT2D eigenvalue weighted by Crippen LogP contribution is 2.38. The van der Waals surface area contributed by atoms with Crippen LogP contribution in [0.5, 0.6) is 0 Å². The molecular weight excluding hydrogens is 564 g/mol. The van der Waals surface area contributed by atoms with Crippen molar-refractivity contribution in [2.75, 3.05) is 5.01 Å². The first-order chi connectivity index (χ1) is 17.2. The van der Waals surface area contributed by atoms with Gasteiger partial charge in [-0.15, -0.1) is 0 Å². The Labute approximate surface area is 220 Å². The van der Waals surface area contributed by atoms with Gasteiger partial charge in [-0.2, -0.15) is 5.10 Å². The number of hydrazone groups is 1. The predicted molar refractivity (Wildman–Crippen MR) is 150 cm³/mol. The zero-order valence-electron chi connectivity index (χ0n) is 18.6. The summed E-state index contributed by atoms with van der Waals surface area (Å²) in [5, 5.41) is 8.09. The predicted octanol–water partition coefficient (Wildman–Crippen LogP) is 8.18. The van der Waals surface area contributed by atoms with Gasteiger partial charge in [-0.05, 0) is 41.5 Å². The summed E-state index contributed by atoms with van der Waals surface area (Å²) < 4.78 is 2.10. The van der Waals surface area contributed by atoms with E-state index in [0.29, 0.717) is 5.95 Å². The fraction of sp³-hybridized carbons (Fsp3) is 0.0690. The van der Waals surface area contributed by atoms with E-state index < -0.39 is 0 Å². The molecule has 1 aliphatic heterocycles. The van der Waals surface area contributed by atoms with Gasteiger partial charge in [0.05, 0.1) is 23.0 Å². The summed E-state index contributed by atoms with van der Waals surface area (Å²) in [6.07, 6.45) is 0.764. The minimum atomic E-state index is -0.00784. The minimum absolute atomic E-state index is 0.00784. The second-order valence-corrected chi connectivity index (χ2v) is 10.3. The molecule has 1 aliphatic rings. The van der Waals surface area contributed by atoms with Crippen LogP contribution in [0.25, 0.3) is 22.2 Å². The van der Waals surface area contributed by atoms with E-state index in [1.54, 1.807) is 0 Å². The molecule has 0 N–H and O–H groups in total. The molecule has 1 aromatic heterocycles. The van der Waals surface area contributed by atoms with Gasteiger partial charge in [0.2, 0.25) is 5.95 Å². The lowest BCUT2D eigenvalue weighted by molar-refractivity contribution is 0.689. The van der Waals surface area contributed by atoms with Gasteiger partial charge in [0.15, 0.2) is 0 Å². The number of fused-ring (bicyclic) bond motifs is 1. The Bertz CT molecular complexity index is 1530. The van der Waals surface area contributed by atoms with Crippen molar-refractivity contribution in [3.05, 3.63) is 123 Å². The lowest BCUT2D eigenvalue weighted by Crippen LogP contribution is -2.21. The van der Waals surface area contributed by atoms with Gasteiger partial charge in [-0.3, -0.25) is 0 Å². The quantitative estimate of drug-likeness (QED) is 0.214. The van der Waals surface area contributed by atoms with Crippen LogP contribution in [0.1, 0.15) is 23.6 Å². The Morgan fingerprint density at radius 2 is 1.31 bits per heavy atom. The molecule has 0 aliphatic carbocycles. The van der Waals surface area contributed by atoms with Crippen LogP contribution < -0.4 is 5.01 Å². The van der Waals surface area contributed by atoms with E-state index in [-0.39, 0.29) is 6.04 Å². The molecule has 0 saturated carbocycles. The van der Waals surface area contributed by atoms with Gasteiger partial charge in [0.1, 0.15) is 0 Å². The summed E-state index contributed by atoms with van der Waals surface area (Å²) in [5.41, 5.74) is 6.16. The number of nitrogens with zero attached hydrogens (tertiary/aromatic N) is 4. The first kappa shape index (κ1) is 22.1. The molecule has 1 atom stereocenters. The Hall–Kier alpha value is -3.35. The zero-order chi connectivity index (χ0) is 23.8. The Kier molecular flexibility index (Phi) is 5.92. The zero-order valence-corrected chi connectivity index (χ0v) is 21.8. The van der Waals surface area contributed by atoms with Gasteiger partial charge < -0.3 is 0 Å². The Balaban J connectivity index is 1.52. The van der Waals surface area contributed by atoms with E-state index in [0.717, 1.165) is 48.8 Å². The monoisotopic (exact) mass is 582 g/mol. The van der Waals surface area contributed by atoms with Gasteiger partial charge in [0, 0.05) is 26.3 Å². The third-order valence-corrected chi connectivity index (χ3v) is 7.24. The number of para-hydroxylation sites is 1. The summed E-state index contributed by atoms with van der Waals surface area (Å²) in [5.74, 6) is 0.600. The smallest absolute Gasteiger partial charge is 0.223 e. The highest BCUT2D eigenvalue weighted by atomic mass is 79.9. The number of benzene rings is 4. The average molecular weight is 584 g/mol. The standard InChI is InChI=1S/C29H20Br2N4/c30-22-14-10-19(11-15-22)26-18-27(20-12-16-23(31)17-13-20)35(34-26)29-32-25-9-5-4-8-24(25)28(33-29)21-6-2-1-3-7-21/h1-17,27H,18H2. The molecule has 4 nitrogen and oxygen atoms in total. The number of anilines is 1. The molecule has 0 amide bonds. The fourth-order valence-corrected chi connectivity index (χ4v) is 4.97. The molecule has 0 saturated heterocycles.